The Hall–Kier alpha value is -2.54. The highest BCUT2D eigenvalue weighted by Gasteiger charge is 2.31. The van der Waals surface area contributed by atoms with Gasteiger partial charge in [0, 0.05) is 19.0 Å². The van der Waals surface area contributed by atoms with E-state index in [4.69, 9.17) is 25.8 Å². The molecule has 1 aliphatic carbocycles. The number of carbonyl (C=O) groups excluding carboxylic acids is 1. The van der Waals surface area contributed by atoms with Crippen molar-refractivity contribution < 1.29 is 19.0 Å². The quantitative estimate of drug-likeness (QED) is 0.617. The molecule has 8 heteroatoms. The average molecular weight is 406 g/mol. The van der Waals surface area contributed by atoms with Crippen molar-refractivity contribution in [1.29, 1.82) is 0 Å². The smallest absolute Gasteiger partial charge is 0.358 e. The Bertz CT molecular complexity index is 871. The molecule has 0 saturated heterocycles. The standard InChI is InChI=1S/C20H24ClN3O4/c1-5-24(11-12-6-9-14(26-2)15(10-12)27-3)19-16(21)17(20(25)28-4)22-18(23-19)13-7-8-13/h6,9-10,13H,5,7-8,11H2,1-4H3. The highest BCUT2D eigenvalue weighted by Crippen LogP contribution is 2.40. The topological polar surface area (TPSA) is 73.8 Å². The van der Waals surface area contributed by atoms with Crippen molar-refractivity contribution in [2.45, 2.75) is 32.2 Å². The second-order valence-electron chi connectivity index (χ2n) is 6.54. The number of aromatic nitrogens is 2. The highest BCUT2D eigenvalue weighted by molar-refractivity contribution is 6.35. The minimum absolute atomic E-state index is 0.113. The monoisotopic (exact) mass is 405 g/mol. The van der Waals surface area contributed by atoms with Gasteiger partial charge in [0.25, 0.3) is 0 Å². The molecule has 1 saturated carbocycles. The van der Waals surface area contributed by atoms with E-state index in [1.54, 1.807) is 14.2 Å². The van der Waals surface area contributed by atoms with Crippen LogP contribution in [0.1, 0.15) is 47.6 Å². The average Bonchev–Trinajstić information content (AvgIpc) is 3.57. The number of anilines is 1. The maximum Gasteiger partial charge on any atom is 0.358 e. The third-order valence-electron chi connectivity index (χ3n) is 4.67. The molecule has 0 aliphatic heterocycles. The summed E-state index contributed by atoms with van der Waals surface area (Å²) in [6, 6.07) is 5.74. The van der Waals surface area contributed by atoms with E-state index in [0.29, 0.717) is 36.2 Å². The van der Waals surface area contributed by atoms with Crippen LogP contribution in [0.3, 0.4) is 0 Å². The maximum absolute atomic E-state index is 12.2. The number of carbonyl (C=O) groups is 1. The Morgan fingerprint density at radius 1 is 1.18 bits per heavy atom. The van der Waals surface area contributed by atoms with E-state index in [1.807, 2.05) is 30.0 Å². The van der Waals surface area contributed by atoms with Crippen LogP contribution in [-0.2, 0) is 11.3 Å². The van der Waals surface area contributed by atoms with Crippen molar-refractivity contribution in [3.63, 3.8) is 0 Å². The fourth-order valence-electron chi connectivity index (χ4n) is 2.95. The molecular weight excluding hydrogens is 382 g/mol. The van der Waals surface area contributed by atoms with Gasteiger partial charge in [0.2, 0.25) is 0 Å². The first-order valence-electron chi connectivity index (χ1n) is 9.13. The first kappa shape index (κ1) is 20.2. The summed E-state index contributed by atoms with van der Waals surface area (Å²) >= 11 is 6.51. The summed E-state index contributed by atoms with van der Waals surface area (Å²) in [7, 11) is 4.52. The predicted octanol–water partition coefficient (Wildman–Crippen LogP) is 3.84. The van der Waals surface area contributed by atoms with E-state index in [9.17, 15) is 4.79 Å². The van der Waals surface area contributed by atoms with Crippen LogP contribution in [0, 0.1) is 0 Å². The minimum atomic E-state index is -0.558. The minimum Gasteiger partial charge on any atom is -0.493 e. The van der Waals surface area contributed by atoms with E-state index >= 15 is 0 Å². The number of esters is 1. The van der Waals surface area contributed by atoms with Crippen molar-refractivity contribution in [1.82, 2.24) is 9.97 Å². The van der Waals surface area contributed by atoms with E-state index in [2.05, 4.69) is 9.97 Å². The number of ether oxygens (including phenoxy) is 3. The Balaban J connectivity index is 1.97. The van der Waals surface area contributed by atoms with Crippen LogP contribution >= 0.6 is 11.6 Å². The predicted molar refractivity (Wildman–Crippen MR) is 107 cm³/mol. The largest absolute Gasteiger partial charge is 0.493 e. The van der Waals surface area contributed by atoms with Crippen molar-refractivity contribution in [2.75, 3.05) is 32.8 Å². The van der Waals surface area contributed by atoms with Gasteiger partial charge in [-0.15, -0.1) is 0 Å². The van der Waals surface area contributed by atoms with Crippen LogP contribution in [0.5, 0.6) is 11.5 Å². The SMILES string of the molecule is CCN(Cc1ccc(OC)c(OC)c1)c1nc(C2CC2)nc(C(=O)OC)c1Cl. The van der Waals surface area contributed by atoms with Gasteiger partial charge in [0.1, 0.15) is 10.8 Å². The normalized spacial score (nSPS) is 13.2. The molecule has 0 unspecified atom stereocenters. The van der Waals surface area contributed by atoms with Gasteiger partial charge >= 0.3 is 5.97 Å². The third kappa shape index (κ3) is 4.14. The van der Waals surface area contributed by atoms with E-state index in [0.717, 1.165) is 18.4 Å². The van der Waals surface area contributed by atoms with Gasteiger partial charge in [0.15, 0.2) is 23.0 Å². The molecule has 0 amide bonds. The lowest BCUT2D eigenvalue weighted by atomic mass is 10.2. The van der Waals surface area contributed by atoms with Crippen molar-refractivity contribution in [3.8, 4) is 11.5 Å². The van der Waals surface area contributed by atoms with E-state index < -0.39 is 5.97 Å². The molecular formula is C20H24ClN3O4. The summed E-state index contributed by atoms with van der Waals surface area (Å²) in [5, 5.41) is 0.207. The van der Waals surface area contributed by atoms with Crippen LogP contribution in [0.2, 0.25) is 5.02 Å². The molecule has 0 N–H and O–H groups in total. The fraction of sp³-hybridized carbons (Fsp3) is 0.450. The van der Waals surface area contributed by atoms with Gasteiger partial charge < -0.3 is 19.1 Å². The number of rotatable bonds is 8. The number of halogens is 1. The molecule has 0 atom stereocenters. The van der Waals surface area contributed by atoms with Crippen molar-refractivity contribution in [3.05, 3.63) is 40.3 Å². The van der Waals surface area contributed by atoms with E-state index in [-0.39, 0.29) is 16.6 Å². The maximum atomic E-state index is 12.2. The molecule has 1 aromatic heterocycles. The molecule has 3 rings (SSSR count). The Morgan fingerprint density at radius 3 is 2.46 bits per heavy atom. The summed E-state index contributed by atoms with van der Waals surface area (Å²) in [5.74, 6) is 2.22. The van der Waals surface area contributed by atoms with Crippen LogP contribution in [-0.4, -0.2) is 43.8 Å². The zero-order valence-electron chi connectivity index (χ0n) is 16.5. The summed E-state index contributed by atoms with van der Waals surface area (Å²) in [4.78, 5) is 23.2. The lowest BCUT2D eigenvalue weighted by Gasteiger charge is -2.24. The molecule has 1 aliphatic rings. The summed E-state index contributed by atoms with van der Waals surface area (Å²) in [6.07, 6.45) is 2.03. The van der Waals surface area contributed by atoms with Gasteiger partial charge in [-0.2, -0.15) is 0 Å². The molecule has 0 bridgehead atoms. The van der Waals surface area contributed by atoms with E-state index in [1.165, 1.54) is 7.11 Å². The fourth-order valence-corrected chi connectivity index (χ4v) is 3.23. The summed E-state index contributed by atoms with van der Waals surface area (Å²) in [5.41, 5.74) is 1.11. The Labute approximate surface area is 169 Å². The first-order chi connectivity index (χ1) is 13.5. The van der Waals surface area contributed by atoms with Gasteiger partial charge in [-0.1, -0.05) is 17.7 Å². The molecule has 150 valence electrons. The molecule has 1 heterocycles. The van der Waals surface area contributed by atoms with Gasteiger partial charge in [-0.3, -0.25) is 0 Å². The number of nitrogens with zero attached hydrogens (tertiary/aromatic N) is 3. The van der Waals surface area contributed by atoms with Gasteiger partial charge in [0.05, 0.1) is 21.3 Å². The number of hydrogen-bond donors (Lipinski definition) is 0. The Morgan fingerprint density at radius 2 is 1.89 bits per heavy atom. The molecule has 28 heavy (non-hydrogen) atoms. The number of methoxy groups -OCH3 is 3. The zero-order valence-corrected chi connectivity index (χ0v) is 17.2. The summed E-state index contributed by atoms with van der Waals surface area (Å²) < 4.78 is 15.5. The molecule has 2 aromatic rings. The third-order valence-corrected chi connectivity index (χ3v) is 5.02. The summed E-state index contributed by atoms with van der Waals surface area (Å²) in [6.45, 7) is 3.20. The van der Waals surface area contributed by atoms with Crippen molar-refractivity contribution in [2.24, 2.45) is 0 Å². The van der Waals surface area contributed by atoms with Crippen molar-refractivity contribution >= 4 is 23.4 Å². The number of benzene rings is 1. The molecule has 1 aromatic carbocycles. The van der Waals surface area contributed by atoms with Crippen LogP contribution in [0.15, 0.2) is 18.2 Å². The second kappa shape index (κ2) is 8.65. The van der Waals surface area contributed by atoms with Crippen LogP contribution in [0.4, 0.5) is 5.82 Å². The lowest BCUT2D eigenvalue weighted by Crippen LogP contribution is -2.25. The highest BCUT2D eigenvalue weighted by atomic mass is 35.5. The lowest BCUT2D eigenvalue weighted by molar-refractivity contribution is 0.0593. The van der Waals surface area contributed by atoms with Gasteiger partial charge in [-0.25, -0.2) is 14.8 Å². The molecule has 0 spiro atoms. The van der Waals surface area contributed by atoms with Gasteiger partial charge in [-0.05, 0) is 37.5 Å². The molecule has 0 radical (unpaired) electrons. The molecule has 7 nitrogen and oxygen atoms in total. The number of hydrogen-bond acceptors (Lipinski definition) is 7. The zero-order chi connectivity index (χ0) is 20.3. The first-order valence-corrected chi connectivity index (χ1v) is 9.51. The van der Waals surface area contributed by atoms with Crippen LogP contribution < -0.4 is 14.4 Å². The Kier molecular flexibility index (Phi) is 6.24. The molecule has 1 fully saturated rings. The second-order valence-corrected chi connectivity index (χ2v) is 6.92. The van der Waals surface area contributed by atoms with Crippen LogP contribution in [0.25, 0.3) is 0 Å².